The van der Waals surface area contributed by atoms with Gasteiger partial charge in [-0.2, -0.15) is 0 Å². The number of rotatable bonds is 1. The number of morpholine rings is 1. The van der Waals surface area contributed by atoms with Crippen molar-refractivity contribution in [1.82, 2.24) is 14.7 Å². The molecule has 3 amide bonds. The number of hydrogen-bond acceptors (Lipinski definition) is 3. The average Bonchev–Trinajstić information content (AvgIpc) is 2.72. The van der Waals surface area contributed by atoms with Gasteiger partial charge in [-0.3, -0.25) is 4.79 Å². The number of piperidine rings is 2. The first-order valence-corrected chi connectivity index (χ1v) is 10.00. The fraction of sp³-hybridized carbons (Fsp3) is 0.619. The van der Waals surface area contributed by atoms with Gasteiger partial charge in [-0.25, -0.2) is 4.79 Å². The molecule has 0 saturated carbocycles. The summed E-state index contributed by atoms with van der Waals surface area (Å²) in [6.07, 6.45) is 2.81. The summed E-state index contributed by atoms with van der Waals surface area (Å²) in [5.74, 6) is 0.157. The molecule has 146 valence electrons. The molecule has 4 rings (SSSR count). The van der Waals surface area contributed by atoms with E-state index >= 15 is 0 Å². The van der Waals surface area contributed by atoms with Crippen LogP contribution in [0.25, 0.3) is 0 Å². The Balaban J connectivity index is 1.43. The maximum Gasteiger partial charge on any atom is 0.320 e. The quantitative estimate of drug-likeness (QED) is 0.760. The molecule has 0 aliphatic carbocycles. The predicted octanol–water partition coefficient (Wildman–Crippen LogP) is 2.17. The molecule has 1 spiro atoms. The van der Waals surface area contributed by atoms with Crippen molar-refractivity contribution in [2.75, 3.05) is 53.0 Å². The van der Waals surface area contributed by atoms with Crippen molar-refractivity contribution >= 4 is 11.9 Å². The first-order chi connectivity index (χ1) is 13.1. The number of likely N-dealkylation sites (N-methyl/N-ethyl adjacent to an activating group) is 1. The molecule has 6 nitrogen and oxygen atoms in total. The second kappa shape index (κ2) is 7.50. The number of amides is 3. The van der Waals surface area contributed by atoms with Crippen LogP contribution in [-0.2, 0) is 9.53 Å². The minimum atomic E-state index is -0.0635. The zero-order chi connectivity index (χ0) is 18.9. The molecular weight excluding hydrogens is 342 g/mol. The van der Waals surface area contributed by atoms with E-state index in [0.717, 1.165) is 44.5 Å². The highest BCUT2D eigenvalue weighted by molar-refractivity contribution is 5.84. The Kier molecular flexibility index (Phi) is 5.08. The number of benzene rings is 1. The molecule has 3 saturated heterocycles. The van der Waals surface area contributed by atoms with Crippen molar-refractivity contribution in [2.45, 2.75) is 25.2 Å². The van der Waals surface area contributed by atoms with Gasteiger partial charge in [-0.1, -0.05) is 30.3 Å². The van der Waals surface area contributed by atoms with Gasteiger partial charge in [-0.05, 0) is 30.2 Å². The predicted molar refractivity (Wildman–Crippen MR) is 102 cm³/mol. The van der Waals surface area contributed by atoms with E-state index < -0.39 is 0 Å². The number of likely N-dealkylation sites (tertiary alicyclic amines) is 2. The summed E-state index contributed by atoms with van der Waals surface area (Å²) in [5, 5.41) is 0. The largest absolute Gasteiger partial charge is 0.378 e. The van der Waals surface area contributed by atoms with Crippen molar-refractivity contribution in [3.8, 4) is 0 Å². The topological polar surface area (TPSA) is 53.1 Å². The number of urea groups is 1. The van der Waals surface area contributed by atoms with Gasteiger partial charge >= 0.3 is 6.03 Å². The third kappa shape index (κ3) is 3.68. The number of carbonyl (C=O) groups is 2. The second-order valence-electron chi connectivity index (χ2n) is 8.23. The molecule has 3 aliphatic rings. The molecule has 3 heterocycles. The minimum absolute atomic E-state index is 0.0635. The Labute approximate surface area is 161 Å². The number of nitrogens with zero attached hydrogens (tertiary/aromatic N) is 3. The molecule has 27 heavy (non-hydrogen) atoms. The van der Waals surface area contributed by atoms with Crippen molar-refractivity contribution < 1.29 is 14.3 Å². The van der Waals surface area contributed by atoms with Gasteiger partial charge in [0.15, 0.2) is 0 Å². The lowest BCUT2D eigenvalue weighted by Crippen LogP contribution is -2.56. The molecule has 0 N–H and O–H groups in total. The Morgan fingerprint density at radius 2 is 1.67 bits per heavy atom. The molecule has 1 aromatic carbocycles. The molecule has 3 aliphatic heterocycles. The van der Waals surface area contributed by atoms with Crippen LogP contribution >= 0.6 is 0 Å². The monoisotopic (exact) mass is 371 g/mol. The molecule has 3 fully saturated rings. The van der Waals surface area contributed by atoms with E-state index in [4.69, 9.17) is 4.74 Å². The van der Waals surface area contributed by atoms with Gasteiger partial charge in [0.2, 0.25) is 5.91 Å². The molecule has 0 radical (unpaired) electrons. The Morgan fingerprint density at radius 1 is 1.04 bits per heavy atom. The lowest BCUT2D eigenvalue weighted by molar-refractivity contribution is -0.139. The molecular formula is C21H29N3O3. The van der Waals surface area contributed by atoms with Crippen molar-refractivity contribution in [3.63, 3.8) is 0 Å². The molecule has 0 aromatic heterocycles. The van der Waals surface area contributed by atoms with Gasteiger partial charge in [0.05, 0.1) is 19.1 Å². The zero-order valence-electron chi connectivity index (χ0n) is 16.1. The van der Waals surface area contributed by atoms with Crippen LogP contribution < -0.4 is 0 Å². The van der Waals surface area contributed by atoms with Gasteiger partial charge < -0.3 is 19.4 Å². The lowest BCUT2D eigenvalue weighted by atomic mass is 9.68. The van der Waals surface area contributed by atoms with Crippen LogP contribution in [0, 0.1) is 5.41 Å². The summed E-state index contributed by atoms with van der Waals surface area (Å²) < 4.78 is 5.35. The first-order valence-electron chi connectivity index (χ1n) is 10.00. The van der Waals surface area contributed by atoms with E-state index in [1.54, 1.807) is 0 Å². The fourth-order valence-corrected chi connectivity index (χ4v) is 4.87. The van der Waals surface area contributed by atoms with Gasteiger partial charge in [0.25, 0.3) is 0 Å². The summed E-state index contributed by atoms with van der Waals surface area (Å²) in [7, 11) is 1.92. The van der Waals surface area contributed by atoms with E-state index in [1.165, 1.54) is 0 Å². The van der Waals surface area contributed by atoms with E-state index in [0.29, 0.717) is 26.3 Å². The van der Waals surface area contributed by atoms with E-state index in [2.05, 4.69) is 12.1 Å². The summed E-state index contributed by atoms with van der Waals surface area (Å²) in [6, 6.07) is 10.3. The summed E-state index contributed by atoms with van der Waals surface area (Å²) in [4.78, 5) is 31.3. The maximum absolute atomic E-state index is 12.8. The van der Waals surface area contributed by atoms with Crippen LogP contribution in [0.15, 0.2) is 30.3 Å². The van der Waals surface area contributed by atoms with Crippen molar-refractivity contribution in [3.05, 3.63) is 35.9 Å². The van der Waals surface area contributed by atoms with Gasteiger partial charge in [0, 0.05) is 39.8 Å². The SMILES string of the molecule is CN1CC2(CCN(C(=O)N3CCOCC3)CC2)C[C@H](c2ccccc2)C1=O. The Hall–Kier alpha value is -2.08. The van der Waals surface area contributed by atoms with Crippen molar-refractivity contribution in [1.29, 1.82) is 0 Å². The molecule has 0 unspecified atom stereocenters. The minimum Gasteiger partial charge on any atom is -0.378 e. The van der Waals surface area contributed by atoms with Crippen molar-refractivity contribution in [2.24, 2.45) is 5.41 Å². The van der Waals surface area contributed by atoms with Crippen LogP contribution in [0.4, 0.5) is 4.79 Å². The third-order valence-electron chi connectivity index (χ3n) is 6.46. The van der Waals surface area contributed by atoms with Gasteiger partial charge in [-0.15, -0.1) is 0 Å². The van der Waals surface area contributed by atoms with Crippen LogP contribution in [0.5, 0.6) is 0 Å². The smallest absolute Gasteiger partial charge is 0.320 e. The first kappa shape index (κ1) is 18.3. The van der Waals surface area contributed by atoms with Crippen LogP contribution in [-0.4, -0.2) is 79.6 Å². The Bertz CT molecular complexity index is 679. The van der Waals surface area contributed by atoms with Crippen LogP contribution in [0.2, 0.25) is 0 Å². The highest BCUT2D eigenvalue weighted by Gasteiger charge is 2.45. The molecule has 0 bridgehead atoms. The lowest BCUT2D eigenvalue weighted by Gasteiger charge is -2.49. The van der Waals surface area contributed by atoms with Crippen LogP contribution in [0.3, 0.4) is 0 Å². The second-order valence-corrected chi connectivity index (χ2v) is 8.23. The summed E-state index contributed by atoms with van der Waals surface area (Å²) >= 11 is 0. The standard InChI is InChI=1S/C21H29N3O3/c1-22-16-21(15-18(19(22)25)17-5-3-2-4-6-17)7-9-23(10-8-21)20(26)24-11-13-27-14-12-24/h2-6,18H,7-16H2,1H3/t18-/m1/s1. The maximum atomic E-state index is 12.8. The molecule has 1 atom stereocenters. The van der Waals surface area contributed by atoms with E-state index in [-0.39, 0.29) is 23.3 Å². The number of carbonyl (C=O) groups excluding carboxylic acids is 2. The van der Waals surface area contributed by atoms with E-state index in [1.807, 2.05) is 39.9 Å². The fourth-order valence-electron chi connectivity index (χ4n) is 4.87. The summed E-state index contributed by atoms with van der Waals surface area (Å²) in [6.45, 7) is 5.00. The summed E-state index contributed by atoms with van der Waals surface area (Å²) in [5.41, 5.74) is 1.23. The average molecular weight is 371 g/mol. The molecule has 6 heteroatoms. The highest BCUT2D eigenvalue weighted by atomic mass is 16.5. The highest BCUT2D eigenvalue weighted by Crippen LogP contribution is 2.45. The van der Waals surface area contributed by atoms with Crippen LogP contribution in [0.1, 0.15) is 30.7 Å². The Morgan fingerprint density at radius 3 is 2.33 bits per heavy atom. The number of hydrogen-bond donors (Lipinski definition) is 0. The zero-order valence-corrected chi connectivity index (χ0v) is 16.1. The number of ether oxygens (including phenoxy) is 1. The van der Waals surface area contributed by atoms with E-state index in [9.17, 15) is 9.59 Å². The third-order valence-corrected chi connectivity index (χ3v) is 6.46. The molecule has 1 aromatic rings. The normalized spacial score (nSPS) is 25.7. The van der Waals surface area contributed by atoms with Gasteiger partial charge in [0.1, 0.15) is 0 Å².